The van der Waals surface area contributed by atoms with Gasteiger partial charge in [0.05, 0.1) is 11.5 Å². The lowest BCUT2D eigenvalue weighted by Gasteiger charge is -2.05. The van der Waals surface area contributed by atoms with Crippen molar-refractivity contribution in [1.29, 1.82) is 0 Å². The lowest BCUT2D eigenvalue weighted by molar-refractivity contribution is -0.384. The minimum Gasteiger partial charge on any atom is -0.372 e. The predicted molar refractivity (Wildman–Crippen MR) is 66.2 cm³/mol. The standard InChI is InChI=1S/C11H13N5O2/c1-8-3-4-9(10(5-8)16(17)18)12-6-11-13-7-15(2)14-11/h3-5,7,12H,6H2,1-2H3. The number of aryl methyl sites for hydroxylation is 2. The highest BCUT2D eigenvalue weighted by molar-refractivity contribution is 5.62. The third-order valence-corrected chi connectivity index (χ3v) is 2.43. The Labute approximate surface area is 104 Å². The molecule has 7 heteroatoms. The van der Waals surface area contributed by atoms with Crippen molar-refractivity contribution >= 4 is 11.4 Å². The van der Waals surface area contributed by atoms with E-state index in [9.17, 15) is 10.1 Å². The Balaban J connectivity index is 2.16. The van der Waals surface area contributed by atoms with Gasteiger partial charge >= 0.3 is 0 Å². The molecule has 1 aromatic carbocycles. The number of rotatable bonds is 4. The summed E-state index contributed by atoms with van der Waals surface area (Å²) < 4.78 is 1.58. The summed E-state index contributed by atoms with van der Waals surface area (Å²) in [5.74, 6) is 0.590. The van der Waals surface area contributed by atoms with Gasteiger partial charge in [-0.3, -0.25) is 14.8 Å². The van der Waals surface area contributed by atoms with Crippen molar-refractivity contribution in [2.24, 2.45) is 7.05 Å². The summed E-state index contributed by atoms with van der Waals surface area (Å²) in [6.45, 7) is 2.17. The van der Waals surface area contributed by atoms with Crippen molar-refractivity contribution in [1.82, 2.24) is 14.8 Å². The van der Waals surface area contributed by atoms with Gasteiger partial charge in [-0.05, 0) is 18.6 Å². The molecule has 0 atom stereocenters. The van der Waals surface area contributed by atoms with E-state index in [-0.39, 0.29) is 5.69 Å². The molecule has 1 heterocycles. The molecule has 0 bridgehead atoms. The number of aromatic nitrogens is 3. The Morgan fingerprint density at radius 2 is 2.28 bits per heavy atom. The average Bonchev–Trinajstić information content (AvgIpc) is 2.73. The van der Waals surface area contributed by atoms with Crippen molar-refractivity contribution in [3.63, 3.8) is 0 Å². The van der Waals surface area contributed by atoms with Crippen molar-refractivity contribution in [3.05, 3.63) is 46.0 Å². The summed E-state index contributed by atoms with van der Waals surface area (Å²) in [6, 6.07) is 5.05. The SMILES string of the molecule is Cc1ccc(NCc2ncn(C)n2)c([N+](=O)[O-])c1. The second-order valence-corrected chi connectivity index (χ2v) is 3.97. The largest absolute Gasteiger partial charge is 0.372 e. The number of hydrogen-bond donors (Lipinski definition) is 1. The molecule has 0 spiro atoms. The van der Waals surface area contributed by atoms with Crippen LogP contribution in [0.4, 0.5) is 11.4 Å². The molecule has 0 fully saturated rings. The normalized spacial score (nSPS) is 10.3. The first-order valence-corrected chi connectivity index (χ1v) is 5.39. The Morgan fingerprint density at radius 3 is 2.89 bits per heavy atom. The first kappa shape index (κ1) is 12.0. The molecule has 0 aliphatic carbocycles. The van der Waals surface area contributed by atoms with Crippen LogP contribution >= 0.6 is 0 Å². The molecule has 94 valence electrons. The maximum atomic E-state index is 10.9. The van der Waals surface area contributed by atoms with Crippen LogP contribution in [0, 0.1) is 17.0 Å². The number of nitrogens with zero attached hydrogens (tertiary/aromatic N) is 4. The van der Waals surface area contributed by atoms with Crippen molar-refractivity contribution < 1.29 is 4.92 Å². The van der Waals surface area contributed by atoms with Gasteiger partial charge in [0, 0.05) is 13.1 Å². The molecule has 0 radical (unpaired) electrons. The highest BCUT2D eigenvalue weighted by atomic mass is 16.6. The summed E-state index contributed by atoms with van der Waals surface area (Å²) in [5, 5.41) is 18.0. The van der Waals surface area contributed by atoms with Gasteiger partial charge in [-0.25, -0.2) is 4.98 Å². The first-order valence-electron chi connectivity index (χ1n) is 5.39. The average molecular weight is 247 g/mol. The number of anilines is 1. The fraction of sp³-hybridized carbons (Fsp3) is 0.273. The molecule has 0 unspecified atom stereocenters. The molecule has 2 aromatic rings. The molecule has 1 aromatic heterocycles. The highest BCUT2D eigenvalue weighted by Gasteiger charge is 2.13. The van der Waals surface area contributed by atoms with Gasteiger partial charge < -0.3 is 5.32 Å². The van der Waals surface area contributed by atoms with E-state index in [2.05, 4.69) is 15.4 Å². The molecular weight excluding hydrogens is 234 g/mol. The van der Waals surface area contributed by atoms with Crippen LogP contribution in [-0.4, -0.2) is 19.7 Å². The molecule has 18 heavy (non-hydrogen) atoms. The summed E-state index contributed by atoms with van der Waals surface area (Å²) in [5.41, 5.74) is 1.38. The summed E-state index contributed by atoms with van der Waals surface area (Å²) in [6.07, 6.45) is 1.58. The van der Waals surface area contributed by atoms with E-state index in [1.807, 2.05) is 13.0 Å². The minimum atomic E-state index is -0.402. The Kier molecular flexibility index (Phi) is 3.22. The molecule has 0 saturated heterocycles. The zero-order valence-corrected chi connectivity index (χ0v) is 10.1. The maximum absolute atomic E-state index is 10.9. The molecule has 0 amide bonds. The predicted octanol–water partition coefficient (Wildman–Crippen LogP) is 1.64. The van der Waals surface area contributed by atoms with Crippen LogP contribution in [0.1, 0.15) is 11.4 Å². The van der Waals surface area contributed by atoms with Crippen LogP contribution in [0.5, 0.6) is 0 Å². The van der Waals surface area contributed by atoms with E-state index in [0.29, 0.717) is 18.1 Å². The fourth-order valence-corrected chi connectivity index (χ4v) is 1.58. The number of nitrogens with one attached hydrogen (secondary N) is 1. The minimum absolute atomic E-state index is 0.0610. The number of benzene rings is 1. The van der Waals surface area contributed by atoms with Gasteiger partial charge in [0.2, 0.25) is 0 Å². The van der Waals surface area contributed by atoms with Crippen LogP contribution in [0.15, 0.2) is 24.5 Å². The Hall–Kier alpha value is -2.44. The third-order valence-electron chi connectivity index (χ3n) is 2.43. The van der Waals surface area contributed by atoms with Crippen molar-refractivity contribution in [2.75, 3.05) is 5.32 Å². The van der Waals surface area contributed by atoms with E-state index in [4.69, 9.17) is 0 Å². The quantitative estimate of drug-likeness (QED) is 0.655. The van der Waals surface area contributed by atoms with Crippen LogP contribution in [0.25, 0.3) is 0 Å². The summed E-state index contributed by atoms with van der Waals surface area (Å²) in [4.78, 5) is 14.6. The monoisotopic (exact) mass is 247 g/mol. The van der Waals surface area contributed by atoms with E-state index >= 15 is 0 Å². The molecule has 0 aliphatic rings. The number of nitro groups is 1. The van der Waals surface area contributed by atoms with E-state index < -0.39 is 4.92 Å². The van der Waals surface area contributed by atoms with Gasteiger partial charge in [0.25, 0.3) is 5.69 Å². The third kappa shape index (κ3) is 2.62. The molecular formula is C11H13N5O2. The summed E-state index contributed by atoms with van der Waals surface area (Å²) >= 11 is 0. The molecule has 0 aliphatic heterocycles. The van der Waals surface area contributed by atoms with E-state index in [1.54, 1.807) is 24.1 Å². The molecule has 1 N–H and O–H groups in total. The summed E-state index contributed by atoms with van der Waals surface area (Å²) in [7, 11) is 1.77. The number of nitro benzene ring substituents is 1. The molecule has 2 rings (SSSR count). The zero-order valence-electron chi connectivity index (χ0n) is 10.1. The lowest BCUT2D eigenvalue weighted by atomic mass is 10.2. The first-order chi connectivity index (χ1) is 8.56. The van der Waals surface area contributed by atoms with Crippen LogP contribution in [0.2, 0.25) is 0 Å². The second kappa shape index (κ2) is 4.82. The second-order valence-electron chi connectivity index (χ2n) is 3.97. The van der Waals surface area contributed by atoms with Gasteiger partial charge in [-0.15, -0.1) is 0 Å². The molecule has 0 saturated carbocycles. The van der Waals surface area contributed by atoms with Gasteiger partial charge in [0.15, 0.2) is 5.82 Å². The maximum Gasteiger partial charge on any atom is 0.292 e. The van der Waals surface area contributed by atoms with Crippen LogP contribution in [-0.2, 0) is 13.6 Å². The topological polar surface area (TPSA) is 85.9 Å². The zero-order chi connectivity index (χ0) is 13.1. The van der Waals surface area contributed by atoms with Crippen LogP contribution in [0.3, 0.4) is 0 Å². The van der Waals surface area contributed by atoms with Gasteiger partial charge in [0.1, 0.15) is 12.0 Å². The van der Waals surface area contributed by atoms with E-state index in [0.717, 1.165) is 5.56 Å². The van der Waals surface area contributed by atoms with Crippen molar-refractivity contribution in [2.45, 2.75) is 13.5 Å². The van der Waals surface area contributed by atoms with Crippen molar-refractivity contribution in [3.8, 4) is 0 Å². The fourth-order valence-electron chi connectivity index (χ4n) is 1.58. The van der Waals surface area contributed by atoms with Crippen LogP contribution < -0.4 is 5.32 Å². The Morgan fingerprint density at radius 1 is 1.50 bits per heavy atom. The highest BCUT2D eigenvalue weighted by Crippen LogP contribution is 2.25. The lowest BCUT2D eigenvalue weighted by Crippen LogP contribution is -2.04. The molecule has 7 nitrogen and oxygen atoms in total. The smallest absolute Gasteiger partial charge is 0.292 e. The van der Waals surface area contributed by atoms with E-state index in [1.165, 1.54) is 6.07 Å². The number of hydrogen-bond acceptors (Lipinski definition) is 5. The Bertz CT molecular complexity index is 579. The van der Waals surface area contributed by atoms with Gasteiger partial charge in [-0.1, -0.05) is 6.07 Å². The van der Waals surface area contributed by atoms with Gasteiger partial charge in [-0.2, -0.15) is 5.10 Å².